The van der Waals surface area contributed by atoms with Crippen LogP contribution in [0.1, 0.15) is 5.56 Å². The van der Waals surface area contributed by atoms with Gasteiger partial charge in [0.25, 0.3) is 5.56 Å². The third-order valence-electron chi connectivity index (χ3n) is 2.89. The Bertz CT molecular complexity index is 868. The lowest BCUT2D eigenvalue weighted by atomic mass is 10.3. The van der Waals surface area contributed by atoms with Crippen molar-refractivity contribution in [3.8, 4) is 0 Å². The molecule has 0 aromatic carbocycles. The zero-order chi connectivity index (χ0) is 15.6. The summed E-state index contributed by atoms with van der Waals surface area (Å²) in [6, 6.07) is 3.38. The lowest BCUT2D eigenvalue weighted by Crippen LogP contribution is -2.41. The highest BCUT2D eigenvalue weighted by Crippen LogP contribution is 2.02. The van der Waals surface area contributed by atoms with Gasteiger partial charge < -0.3 is 4.57 Å². The van der Waals surface area contributed by atoms with E-state index in [0.717, 1.165) is 15.3 Å². The molecular weight excluding hydrogens is 296 g/mol. The lowest BCUT2D eigenvalue weighted by Gasteiger charge is -2.09. The van der Waals surface area contributed by atoms with E-state index in [1.54, 1.807) is 18.3 Å². The molecular formula is C12H14N4O4S. The van der Waals surface area contributed by atoms with E-state index in [-0.39, 0.29) is 6.54 Å². The second-order valence-corrected chi connectivity index (χ2v) is 6.17. The smallest absolute Gasteiger partial charge is 0.302 e. The number of aromatic nitrogens is 3. The van der Waals surface area contributed by atoms with E-state index in [1.165, 1.54) is 20.3 Å². The molecule has 2 heterocycles. The highest BCUT2D eigenvalue weighted by atomic mass is 32.2. The van der Waals surface area contributed by atoms with Gasteiger partial charge in [0.2, 0.25) is 10.0 Å². The predicted octanol–water partition coefficient (Wildman–Crippen LogP) is -1.04. The van der Waals surface area contributed by atoms with Crippen LogP contribution in [0.5, 0.6) is 0 Å². The third-order valence-corrected chi connectivity index (χ3v) is 4.28. The molecule has 0 radical (unpaired) electrons. The van der Waals surface area contributed by atoms with Crippen LogP contribution in [0.3, 0.4) is 0 Å². The number of nitrogens with one attached hydrogen (secondary N) is 1. The Morgan fingerprint density at radius 3 is 2.62 bits per heavy atom. The van der Waals surface area contributed by atoms with Crippen molar-refractivity contribution in [3.63, 3.8) is 0 Å². The summed E-state index contributed by atoms with van der Waals surface area (Å²) in [4.78, 5) is 26.9. The molecule has 0 bridgehead atoms. The summed E-state index contributed by atoms with van der Waals surface area (Å²) in [7, 11) is -1.42. The molecule has 0 aliphatic heterocycles. The van der Waals surface area contributed by atoms with Crippen molar-refractivity contribution in [1.29, 1.82) is 0 Å². The summed E-state index contributed by atoms with van der Waals surface area (Å²) >= 11 is 0. The van der Waals surface area contributed by atoms with Crippen molar-refractivity contribution < 1.29 is 8.42 Å². The van der Waals surface area contributed by atoms with E-state index in [0.29, 0.717) is 5.56 Å². The van der Waals surface area contributed by atoms with Crippen molar-refractivity contribution in [3.05, 3.63) is 57.1 Å². The molecule has 112 valence electrons. The highest BCUT2D eigenvalue weighted by Gasteiger charge is 2.21. The van der Waals surface area contributed by atoms with Gasteiger partial charge in [-0.3, -0.25) is 14.3 Å². The van der Waals surface area contributed by atoms with E-state index in [1.807, 2.05) is 0 Å². The molecule has 0 saturated carbocycles. The maximum atomic E-state index is 12.2. The van der Waals surface area contributed by atoms with Gasteiger partial charge in [-0.2, -0.15) is 0 Å². The first kappa shape index (κ1) is 15.1. The average Bonchev–Trinajstić information content (AvgIpc) is 2.48. The zero-order valence-electron chi connectivity index (χ0n) is 11.5. The molecule has 0 fully saturated rings. The number of nitrogens with zero attached hydrogens (tertiary/aromatic N) is 3. The summed E-state index contributed by atoms with van der Waals surface area (Å²) in [6.07, 6.45) is 4.10. The zero-order valence-corrected chi connectivity index (χ0v) is 12.3. The highest BCUT2D eigenvalue weighted by molar-refractivity contribution is 7.89. The average molecular weight is 310 g/mol. The van der Waals surface area contributed by atoms with Crippen molar-refractivity contribution in [2.45, 2.75) is 11.4 Å². The van der Waals surface area contributed by atoms with Gasteiger partial charge in [0.15, 0.2) is 4.90 Å². The van der Waals surface area contributed by atoms with Gasteiger partial charge in [0.1, 0.15) is 0 Å². The van der Waals surface area contributed by atoms with Crippen molar-refractivity contribution >= 4 is 10.0 Å². The van der Waals surface area contributed by atoms with Gasteiger partial charge >= 0.3 is 5.69 Å². The minimum atomic E-state index is -4.02. The number of hydrogen-bond acceptors (Lipinski definition) is 5. The van der Waals surface area contributed by atoms with Crippen molar-refractivity contribution in [1.82, 2.24) is 18.8 Å². The Morgan fingerprint density at radius 1 is 1.29 bits per heavy atom. The SMILES string of the molecule is Cn1cc(S(=O)(=O)NCc2cccnc2)c(=O)n(C)c1=O. The number of pyridine rings is 1. The van der Waals surface area contributed by atoms with Crippen LogP contribution >= 0.6 is 0 Å². The summed E-state index contributed by atoms with van der Waals surface area (Å²) in [5.74, 6) is 0. The predicted molar refractivity (Wildman–Crippen MR) is 75.2 cm³/mol. The van der Waals surface area contributed by atoms with Gasteiger partial charge in [-0.05, 0) is 11.6 Å². The summed E-state index contributed by atoms with van der Waals surface area (Å²) in [5, 5.41) is 0. The minimum Gasteiger partial charge on any atom is -0.302 e. The van der Waals surface area contributed by atoms with Crippen LogP contribution in [0.25, 0.3) is 0 Å². The standard InChI is InChI=1S/C12H14N4O4S/c1-15-8-10(11(17)16(2)12(15)18)21(19,20)14-7-9-4-3-5-13-6-9/h3-6,8,14H,7H2,1-2H3. The van der Waals surface area contributed by atoms with E-state index in [4.69, 9.17) is 0 Å². The number of hydrogen-bond donors (Lipinski definition) is 1. The van der Waals surface area contributed by atoms with Gasteiger partial charge in [-0.15, -0.1) is 0 Å². The second-order valence-electron chi connectivity index (χ2n) is 4.44. The number of sulfonamides is 1. The van der Waals surface area contributed by atoms with E-state index in [9.17, 15) is 18.0 Å². The molecule has 0 aliphatic rings. The Morgan fingerprint density at radius 2 is 2.00 bits per heavy atom. The molecule has 8 nitrogen and oxygen atoms in total. The summed E-state index contributed by atoms with van der Waals surface area (Å²) < 4.78 is 28.5. The van der Waals surface area contributed by atoms with Crippen molar-refractivity contribution in [2.75, 3.05) is 0 Å². The quantitative estimate of drug-likeness (QED) is 0.777. The molecule has 2 aromatic heterocycles. The molecule has 2 aromatic rings. The number of rotatable bonds is 4. The van der Waals surface area contributed by atoms with Gasteiger partial charge in [0, 0.05) is 39.2 Å². The maximum Gasteiger partial charge on any atom is 0.330 e. The largest absolute Gasteiger partial charge is 0.330 e. The van der Waals surface area contributed by atoms with Crippen LogP contribution in [0, 0.1) is 0 Å². The molecule has 2 rings (SSSR count). The van der Waals surface area contributed by atoms with Gasteiger partial charge in [-0.1, -0.05) is 6.07 Å². The Labute approximate surface area is 120 Å². The van der Waals surface area contributed by atoms with Crippen LogP contribution < -0.4 is 16.0 Å². The number of aryl methyl sites for hydroxylation is 1. The topological polar surface area (TPSA) is 103 Å². The molecule has 1 N–H and O–H groups in total. The monoisotopic (exact) mass is 310 g/mol. The molecule has 0 saturated heterocycles. The van der Waals surface area contributed by atoms with Crippen LogP contribution in [0.4, 0.5) is 0 Å². The molecule has 0 atom stereocenters. The van der Waals surface area contributed by atoms with Crippen LogP contribution in [-0.2, 0) is 30.7 Å². The fourth-order valence-electron chi connectivity index (χ4n) is 1.72. The van der Waals surface area contributed by atoms with Gasteiger partial charge in [0.05, 0.1) is 0 Å². The first-order valence-electron chi connectivity index (χ1n) is 5.98. The van der Waals surface area contributed by atoms with E-state index in [2.05, 4.69) is 9.71 Å². The molecule has 0 aliphatic carbocycles. The summed E-state index contributed by atoms with van der Waals surface area (Å²) in [6.45, 7) is 0.00215. The molecule has 21 heavy (non-hydrogen) atoms. The van der Waals surface area contributed by atoms with E-state index >= 15 is 0 Å². The Balaban J connectivity index is 2.37. The third kappa shape index (κ3) is 3.09. The lowest BCUT2D eigenvalue weighted by molar-refractivity contribution is 0.570. The minimum absolute atomic E-state index is 0.00215. The van der Waals surface area contributed by atoms with Crippen LogP contribution in [0.2, 0.25) is 0 Å². The Hall–Kier alpha value is -2.26. The molecule has 0 spiro atoms. The van der Waals surface area contributed by atoms with E-state index < -0.39 is 26.2 Å². The Kier molecular flexibility index (Phi) is 4.05. The molecule has 0 amide bonds. The molecule has 0 unspecified atom stereocenters. The van der Waals surface area contributed by atoms with Crippen LogP contribution in [-0.4, -0.2) is 22.5 Å². The second kappa shape index (κ2) is 5.62. The maximum absolute atomic E-state index is 12.2. The first-order chi connectivity index (χ1) is 9.83. The fourth-order valence-corrected chi connectivity index (χ4v) is 2.89. The van der Waals surface area contributed by atoms with Crippen molar-refractivity contribution in [2.24, 2.45) is 14.1 Å². The van der Waals surface area contributed by atoms with Gasteiger partial charge in [-0.25, -0.2) is 17.9 Å². The molecule has 9 heteroatoms. The fraction of sp³-hybridized carbons (Fsp3) is 0.250. The summed E-state index contributed by atoms with van der Waals surface area (Å²) in [5.41, 5.74) is -0.800. The van der Waals surface area contributed by atoms with Crippen LogP contribution in [0.15, 0.2) is 45.2 Å². The first-order valence-corrected chi connectivity index (χ1v) is 7.46. The normalized spacial score (nSPS) is 11.5.